The highest BCUT2D eigenvalue weighted by molar-refractivity contribution is 6.22. The van der Waals surface area contributed by atoms with Crippen molar-refractivity contribution in [3.05, 3.63) is 71.3 Å². The minimum Gasteiger partial charge on any atom is -0.383 e. The second-order valence-electron chi connectivity index (χ2n) is 6.02. The van der Waals surface area contributed by atoms with Crippen molar-refractivity contribution in [3.8, 4) is 0 Å². The summed E-state index contributed by atoms with van der Waals surface area (Å²) in [7, 11) is 1.54. The van der Waals surface area contributed by atoms with E-state index < -0.39 is 17.9 Å². The predicted molar refractivity (Wildman–Crippen MR) is 95.8 cm³/mol. The van der Waals surface area contributed by atoms with Crippen LogP contribution in [-0.4, -0.2) is 48.9 Å². The lowest BCUT2D eigenvalue weighted by molar-refractivity contribution is -0.125. The molecule has 26 heavy (non-hydrogen) atoms. The van der Waals surface area contributed by atoms with Gasteiger partial charge in [-0.2, -0.15) is 0 Å². The summed E-state index contributed by atoms with van der Waals surface area (Å²) in [4.78, 5) is 39.4. The molecule has 1 atom stereocenters. The zero-order valence-electron chi connectivity index (χ0n) is 14.5. The van der Waals surface area contributed by atoms with Gasteiger partial charge in [-0.25, -0.2) is 0 Å². The average Bonchev–Trinajstić information content (AvgIpc) is 2.92. The molecule has 6 heteroatoms. The fourth-order valence-corrected chi connectivity index (χ4v) is 3.02. The number of methoxy groups -OCH3 is 1. The van der Waals surface area contributed by atoms with Gasteiger partial charge in [-0.3, -0.25) is 19.3 Å². The van der Waals surface area contributed by atoms with Crippen LogP contribution in [0.25, 0.3) is 0 Å². The SMILES string of the molecule is COCCNC(=O)[C@H](Cc1ccccc1)N1C(=O)c2ccccc2C1=O. The van der Waals surface area contributed by atoms with Crippen LogP contribution in [0.2, 0.25) is 0 Å². The second kappa shape index (κ2) is 7.93. The van der Waals surface area contributed by atoms with Crippen molar-refractivity contribution in [1.82, 2.24) is 10.2 Å². The molecule has 1 N–H and O–H groups in total. The number of hydrogen-bond acceptors (Lipinski definition) is 4. The molecule has 0 spiro atoms. The lowest BCUT2D eigenvalue weighted by Gasteiger charge is -2.25. The highest BCUT2D eigenvalue weighted by Gasteiger charge is 2.42. The highest BCUT2D eigenvalue weighted by atomic mass is 16.5. The zero-order chi connectivity index (χ0) is 18.5. The number of fused-ring (bicyclic) bond motifs is 1. The first kappa shape index (κ1) is 17.8. The molecule has 2 aromatic carbocycles. The summed E-state index contributed by atoms with van der Waals surface area (Å²) < 4.78 is 4.95. The number of imide groups is 1. The Morgan fingerprint density at radius 3 is 2.15 bits per heavy atom. The number of amides is 3. The van der Waals surface area contributed by atoms with Gasteiger partial charge in [0.05, 0.1) is 17.7 Å². The van der Waals surface area contributed by atoms with Gasteiger partial charge in [-0.05, 0) is 17.7 Å². The van der Waals surface area contributed by atoms with E-state index in [1.165, 1.54) is 7.11 Å². The number of nitrogens with one attached hydrogen (secondary N) is 1. The third-order valence-electron chi connectivity index (χ3n) is 4.32. The van der Waals surface area contributed by atoms with Gasteiger partial charge >= 0.3 is 0 Å². The smallest absolute Gasteiger partial charge is 0.262 e. The predicted octanol–water partition coefficient (Wildman–Crippen LogP) is 1.66. The van der Waals surface area contributed by atoms with Crippen molar-refractivity contribution < 1.29 is 19.1 Å². The van der Waals surface area contributed by atoms with Crippen LogP contribution in [0.5, 0.6) is 0 Å². The molecule has 0 saturated heterocycles. The topological polar surface area (TPSA) is 75.7 Å². The molecule has 0 saturated carbocycles. The molecular weight excluding hydrogens is 332 g/mol. The van der Waals surface area contributed by atoms with Crippen LogP contribution in [0.1, 0.15) is 26.3 Å². The van der Waals surface area contributed by atoms with Crippen LogP contribution >= 0.6 is 0 Å². The van der Waals surface area contributed by atoms with E-state index in [9.17, 15) is 14.4 Å². The summed E-state index contributed by atoms with van der Waals surface area (Å²) in [6.45, 7) is 0.662. The van der Waals surface area contributed by atoms with E-state index in [4.69, 9.17) is 4.74 Å². The minimum atomic E-state index is -0.915. The molecule has 134 valence electrons. The number of carbonyl (C=O) groups excluding carboxylic acids is 3. The number of hydrogen-bond donors (Lipinski definition) is 1. The van der Waals surface area contributed by atoms with Crippen LogP contribution in [0.3, 0.4) is 0 Å². The number of benzene rings is 2. The van der Waals surface area contributed by atoms with Gasteiger partial charge in [0.25, 0.3) is 11.8 Å². The van der Waals surface area contributed by atoms with Gasteiger partial charge in [-0.1, -0.05) is 42.5 Å². The summed E-state index contributed by atoms with van der Waals surface area (Å²) in [6, 6.07) is 15.0. The maximum absolute atomic E-state index is 12.8. The molecule has 1 heterocycles. The molecule has 0 fully saturated rings. The number of ether oxygens (including phenoxy) is 1. The first-order chi connectivity index (χ1) is 12.6. The van der Waals surface area contributed by atoms with E-state index in [-0.39, 0.29) is 12.3 Å². The van der Waals surface area contributed by atoms with E-state index >= 15 is 0 Å². The second-order valence-corrected chi connectivity index (χ2v) is 6.02. The average molecular weight is 352 g/mol. The molecule has 0 bridgehead atoms. The first-order valence-corrected chi connectivity index (χ1v) is 8.41. The Morgan fingerprint density at radius 2 is 1.58 bits per heavy atom. The number of carbonyl (C=O) groups is 3. The van der Waals surface area contributed by atoms with Crippen molar-refractivity contribution in [2.45, 2.75) is 12.5 Å². The third-order valence-corrected chi connectivity index (χ3v) is 4.32. The van der Waals surface area contributed by atoms with Crippen molar-refractivity contribution in [2.75, 3.05) is 20.3 Å². The summed E-state index contributed by atoms with van der Waals surface area (Å²) in [5, 5.41) is 2.74. The molecule has 3 rings (SSSR count). The molecule has 1 aliphatic heterocycles. The summed E-state index contributed by atoms with van der Waals surface area (Å²) in [5.74, 6) is -1.25. The molecule has 0 unspecified atom stereocenters. The van der Waals surface area contributed by atoms with Crippen LogP contribution in [0.15, 0.2) is 54.6 Å². The lowest BCUT2D eigenvalue weighted by Crippen LogP contribution is -2.51. The molecule has 2 aromatic rings. The molecular formula is C20H20N2O4. The zero-order valence-corrected chi connectivity index (χ0v) is 14.5. The standard InChI is InChI=1S/C20H20N2O4/c1-26-12-11-21-18(23)17(13-14-7-3-2-4-8-14)22-19(24)15-9-5-6-10-16(15)20(22)25/h2-10,17H,11-13H2,1H3,(H,21,23)/t17-/m0/s1. The Kier molecular flexibility index (Phi) is 5.43. The number of nitrogens with zero attached hydrogens (tertiary/aromatic N) is 1. The summed E-state index contributed by atoms with van der Waals surface area (Å²) in [5.41, 5.74) is 1.54. The Bertz CT molecular complexity index is 785. The lowest BCUT2D eigenvalue weighted by atomic mass is 10.0. The van der Waals surface area contributed by atoms with E-state index in [0.29, 0.717) is 24.3 Å². The maximum atomic E-state index is 12.8. The molecule has 0 radical (unpaired) electrons. The van der Waals surface area contributed by atoms with Crippen molar-refractivity contribution >= 4 is 17.7 Å². The minimum absolute atomic E-state index is 0.255. The number of rotatable bonds is 7. The van der Waals surface area contributed by atoms with Crippen LogP contribution in [0.4, 0.5) is 0 Å². The van der Waals surface area contributed by atoms with Gasteiger partial charge in [0.15, 0.2) is 0 Å². The fourth-order valence-electron chi connectivity index (χ4n) is 3.02. The van der Waals surface area contributed by atoms with Crippen molar-refractivity contribution in [2.24, 2.45) is 0 Å². The molecule has 1 aliphatic rings. The normalized spacial score (nSPS) is 14.3. The maximum Gasteiger partial charge on any atom is 0.262 e. The monoisotopic (exact) mass is 352 g/mol. The Labute approximate surface area is 151 Å². The van der Waals surface area contributed by atoms with E-state index in [2.05, 4.69) is 5.32 Å². The molecule has 0 aromatic heterocycles. The Morgan fingerprint density at radius 1 is 1.00 bits per heavy atom. The molecule has 3 amide bonds. The third kappa shape index (κ3) is 3.50. The van der Waals surface area contributed by atoms with E-state index in [0.717, 1.165) is 10.5 Å². The van der Waals surface area contributed by atoms with Crippen LogP contribution in [-0.2, 0) is 16.0 Å². The first-order valence-electron chi connectivity index (χ1n) is 8.41. The Balaban J connectivity index is 1.89. The van der Waals surface area contributed by atoms with Crippen LogP contribution < -0.4 is 5.32 Å². The highest BCUT2D eigenvalue weighted by Crippen LogP contribution is 2.26. The van der Waals surface area contributed by atoms with Gasteiger partial charge in [0.2, 0.25) is 5.91 Å². The largest absolute Gasteiger partial charge is 0.383 e. The van der Waals surface area contributed by atoms with E-state index in [1.807, 2.05) is 30.3 Å². The molecule has 0 aliphatic carbocycles. The Hall–Kier alpha value is -2.99. The van der Waals surface area contributed by atoms with Crippen LogP contribution in [0, 0.1) is 0 Å². The molecule has 6 nitrogen and oxygen atoms in total. The fraction of sp³-hybridized carbons (Fsp3) is 0.250. The van der Waals surface area contributed by atoms with Gasteiger partial charge in [-0.15, -0.1) is 0 Å². The van der Waals surface area contributed by atoms with Crippen molar-refractivity contribution in [1.29, 1.82) is 0 Å². The van der Waals surface area contributed by atoms with Gasteiger partial charge in [0, 0.05) is 20.1 Å². The van der Waals surface area contributed by atoms with E-state index in [1.54, 1.807) is 24.3 Å². The van der Waals surface area contributed by atoms with Crippen molar-refractivity contribution in [3.63, 3.8) is 0 Å². The summed E-state index contributed by atoms with van der Waals surface area (Å²) in [6.07, 6.45) is 0.255. The summed E-state index contributed by atoms with van der Waals surface area (Å²) >= 11 is 0. The van der Waals surface area contributed by atoms with Gasteiger partial charge in [0.1, 0.15) is 6.04 Å². The van der Waals surface area contributed by atoms with Gasteiger partial charge < -0.3 is 10.1 Å². The quantitative estimate of drug-likeness (QED) is 0.607.